The van der Waals surface area contributed by atoms with E-state index in [0.717, 1.165) is 0 Å². The van der Waals surface area contributed by atoms with Crippen LogP contribution in [0.15, 0.2) is 0 Å². The number of hydrogen-bond donors (Lipinski definition) is 0. The highest BCUT2D eigenvalue weighted by molar-refractivity contribution is 5.75. The molecular weight excluding hydrogens is 203 g/mol. The fourth-order valence-corrected chi connectivity index (χ4v) is 0.402. The molecule has 0 aliphatic heterocycles. The summed E-state index contributed by atoms with van der Waals surface area (Å²) < 4.78 is 63.8. The van der Waals surface area contributed by atoms with Gasteiger partial charge in [0.25, 0.3) is 0 Å². The van der Waals surface area contributed by atoms with E-state index in [0.29, 0.717) is 0 Å². The maximum Gasteiger partial charge on any atom is 0.527 e. The summed E-state index contributed by atoms with van der Waals surface area (Å²) in [7, 11) is 0. The topological polar surface area (TPSA) is 35.5 Å². The first kappa shape index (κ1) is 12.1. The molecule has 0 heterocycles. The van der Waals surface area contributed by atoms with Gasteiger partial charge in [0, 0.05) is 0 Å². The number of alkyl halides is 5. The zero-order valence-electron chi connectivity index (χ0n) is 6.32. The van der Waals surface area contributed by atoms with E-state index in [-0.39, 0.29) is 0 Å². The van der Waals surface area contributed by atoms with Crippen LogP contribution in [0.5, 0.6) is 0 Å². The normalized spacial score (nSPS) is 12.8. The largest absolute Gasteiger partial charge is 0.527 e. The van der Waals surface area contributed by atoms with Crippen molar-refractivity contribution < 1.29 is 36.2 Å². The van der Waals surface area contributed by atoms with Gasteiger partial charge in [-0.1, -0.05) is 0 Å². The molecule has 8 heteroatoms. The molecule has 0 N–H and O–H groups in total. The first-order valence-electron chi connectivity index (χ1n) is 3.01. The number of carbonyl (C=O) groups excluding carboxylic acids is 1. The van der Waals surface area contributed by atoms with Crippen molar-refractivity contribution in [2.75, 3.05) is 6.61 Å². The van der Waals surface area contributed by atoms with Gasteiger partial charge in [-0.25, -0.2) is 9.53 Å². The van der Waals surface area contributed by atoms with Crippen molar-refractivity contribution in [1.29, 1.82) is 0 Å². The van der Waals surface area contributed by atoms with Crippen LogP contribution in [0.2, 0.25) is 0 Å². The Hall–Kier alpha value is -0.920. The molecule has 0 bridgehead atoms. The molecule has 0 atom stereocenters. The van der Waals surface area contributed by atoms with Gasteiger partial charge < -0.3 is 4.74 Å². The lowest BCUT2D eigenvalue weighted by molar-refractivity contribution is -0.414. The van der Waals surface area contributed by atoms with Gasteiger partial charge >= 0.3 is 18.4 Å². The molecule has 0 aromatic rings. The minimum atomic E-state index is -5.59. The van der Waals surface area contributed by atoms with Crippen molar-refractivity contribution in [2.45, 2.75) is 19.4 Å². The summed E-state index contributed by atoms with van der Waals surface area (Å²) in [6.07, 6.45) is -10.6. The van der Waals surface area contributed by atoms with Crippen LogP contribution < -0.4 is 0 Å². The number of carbonyl (C=O) groups is 1. The van der Waals surface area contributed by atoms with Crippen molar-refractivity contribution in [3.8, 4) is 0 Å². The Morgan fingerprint density at radius 3 is 2.00 bits per heavy atom. The van der Waals surface area contributed by atoms with Crippen molar-refractivity contribution in [1.82, 2.24) is 0 Å². The highest BCUT2D eigenvalue weighted by Crippen LogP contribution is 2.28. The molecule has 0 aromatic carbocycles. The summed E-state index contributed by atoms with van der Waals surface area (Å²) in [6.45, 7) is 0.706. The third kappa shape index (κ3) is 4.61. The third-order valence-electron chi connectivity index (χ3n) is 0.757. The van der Waals surface area contributed by atoms with E-state index in [4.69, 9.17) is 0 Å². The van der Waals surface area contributed by atoms with E-state index in [1.807, 2.05) is 0 Å². The Bertz CT molecular complexity index is 187. The van der Waals surface area contributed by atoms with Crippen molar-refractivity contribution in [3.05, 3.63) is 0 Å². The molecule has 0 aliphatic rings. The average Bonchev–Trinajstić information content (AvgIpc) is 1.82. The Balaban J connectivity index is 4.30. The van der Waals surface area contributed by atoms with Crippen LogP contribution in [0.3, 0.4) is 0 Å². The maximum absolute atomic E-state index is 12.1. The third-order valence-corrected chi connectivity index (χ3v) is 0.757. The van der Waals surface area contributed by atoms with E-state index in [1.165, 1.54) is 6.92 Å². The van der Waals surface area contributed by atoms with Gasteiger partial charge in [0.1, 0.15) is 0 Å². The summed E-state index contributed by atoms with van der Waals surface area (Å²) >= 11 is 0. The van der Waals surface area contributed by atoms with E-state index in [2.05, 4.69) is 9.47 Å². The van der Waals surface area contributed by atoms with E-state index in [9.17, 15) is 26.7 Å². The fourth-order valence-electron chi connectivity index (χ4n) is 0.402. The molecule has 3 nitrogen and oxygen atoms in total. The Labute approximate surface area is 69.4 Å². The van der Waals surface area contributed by atoms with Crippen LogP contribution in [0.4, 0.5) is 22.0 Å². The number of hydrogen-bond acceptors (Lipinski definition) is 3. The molecule has 0 fully saturated rings. The van der Waals surface area contributed by atoms with Crippen LogP contribution in [0.25, 0.3) is 0 Å². The number of halogens is 5. The zero-order valence-corrected chi connectivity index (χ0v) is 6.32. The van der Waals surface area contributed by atoms with Crippen LogP contribution in [-0.4, -0.2) is 25.0 Å². The molecule has 0 aliphatic carbocycles. The van der Waals surface area contributed by atoms with Crippen molar-refractivity contribution >= 4 is 5.97 Å². The van der Waals surface area contributed by atoms with Crippen molar-refractivity contribution in [2.24, 2.45) is 0 Å². The zero-order chi connectivity index (χ0) is 10.7. The van der Waals surface area contributed by atoms with Gasteiger partial charge in [-0.15, -0.1) is 13.2 Å². The predicted octanol–water partition coefficient (Wildman–Crippen LogP) is 1.68. The lowest BCUT2D eigenvalue weighted by atomic mass is 10.6. The molecule has 0 unspecified atom stereocenters. The molecule has 0 saturated heterocycles. The standard InChI is InChI=1S/C5H5F5O3/c1-2-12-3(11)4(6,7)13-5(8,9)10/h2H2,1H3. The summed E-state index contributed by atoms with van der Waals surface area (Å²) in [4.78, 5) is 10.1. The minimum Gasteiger partial charge on any atom is -0.460 e. The number of ether oxygens (including phenoxy) is 2. The number of esters is 1. The van der Waals surface area contributed by atoms with Crippen LogP contribution in [-0.2, 0) is 14.3 Å². The monoisotopic (exact) mass is 208 g/mol. The van der Waals surface area contributed by atoms with Crippen LogP contribution in [0.1, 0.15) is 6.92 Å². The van der Waals surface area contributed by atoms with Crippen LogP contribution >= 0.6 is 0 Å². The Morgan fingerprint density at radius 1 is 1.23 bits per heavy atom. The fraction of sp³-hybridized carbons (Fsp3) is 0.800. The Morgan fingerprint density at radius 2 is 1.69 bits per heavy atom. The second-order valence-electron chi connectivity index (χ2n) is 1.79. The average molecular weight is 208 g/mol. The molecule has 0 aromatic heterocycles. The molecular formula is C5H5F5O3. The lowest BCUT2D eigenvalue weighted by Crippen LogP contribution is -2.38. The van der Waals surface area contributed by atoms with Gasteiger partial charge in [-0.2, -0.15) is 8.78 Å². The van der Waals surface area contributed by atoms with Gasteiger partial charge in [0.15, 0.2) is 0 Å². The smallest absolute Gasteiger partial charge is 0.460 e. The van der Waals surface area contributed by atoms with E-state index < -0.39 is 25.0 Å². The molecule has 0 saturated carbocycles. The maximum atomic E-state index is 12.1. The Kier molecular flexibility index (Phi) is 3.59. The lowest BCUT2D eigenvalue weighted by Gasteiger charge is -2.15. The summed E-state index contributed by atoms with van der Waals surface area (Å²) in [6, 6.07) is 0. The minimum absolute atomic E-state index is 0.463. The number of rotatable bonds is 3. The van der Waals surface area contributed by atoms with Gasteiger partial charge in [-0.3, -0.25) is 0 Å². The molecule has 0 amide bonds. The highest BCUT2D eigenvalue weighted by Gasteiger charge is 2.52. The first-order valence-corrected chi connectivity index (χ1v) is 3.01. The predicted molar refractivity (Wildman–Crippen MR) is 28.7 cm³/mol. The van der Waals surface area contributed by atoms with Gasteiger partial charge in [-0.05, 0) is 6.92 Å². The van der Waals surface area contributed by atoms with E-state index in [1.54, 1.807) is 0 Å². The van der Waals surface area contributed by atoms with Gasteiger partial charge in [0.05, 0.1) is 6.61 Å². The van der Waals surface area contributed by atoms with Crippen LogP contribution in [0, 0.1) is 0 Å². The second-order valence-corrected chi connectivity index (χ2v) is 1.79. The highest BCUT2D eigenvalue weighted by atomic mass is 19.4. The van der Waals surface area contributed by atoms with Crippen molar-refractivity contribution in [3.63, 3.8) is 0 Å². The quantitative estimate of drug-likeness (QED) is 0.522. The second kappa shape index (κ2) is 3.86. The van der Waals surface area contributed by atoms with Gasteiger partial charge in [0.2, 0.25) is 0 Å². The molecule has 78 valence electrons. The van der Waals surface area contributed by atoms with E-state index >= 15 is 0 Å². The summed E-state index contributed by atoms with van der Waals surface area (Å²) in [5, 5.41) is 0. The SMILES string of the molecule is CCOC(=O)C(F)(F)OC(F)(F)F. The molecule has 0 rings (SSSR count). The molecule has 13 heavy (non-hydrogen) atoms. The summed E-state index contributed by atoms with van der Waals surface area (Å²) in [5.74, 6) is -2.37. The first-order chi connectivity index (χ1) is 5.69. The molecule has 0 radical (unpaired) electrons. The summed E-state index contributed by atoms with van der Waals surface area (Å²) in [5.41, 5.74) is 0. The molecule has 0 spiro atoms.